The third-order valence-electron chi connectivity index (χ3n) is 5.59. The van der Waals surface area contributed by atoms with Crippen LogP contribution in [0.15, 0.2) is 48.8 Å². The first-order valence-electron chi connectivity index (χ1n) is 8.69. The molecule has 3 nitrogen and oxygen atoms in total. The third-order valence-corrected chi connectivity index (χ3v) is 5.59. The predicted molar refractivity (Wildman–Crippen MR) is 98.7 cm³/mol. The molecule has 2 aromatic heterocycles. The molecule has 0 unspecified atom stereocenters. The van der Waals surface area contributed by atoms with Crippen LogP contribution < -0.4 is 4.74 Å². The summed E-state index contributed by atoms with van der Waals surface area (Å²) in [6, 6.07) is 12.6. The van der Waals surface area contributed by atoms with Gasteiger partial charge in [0, 0.05) is 34.5 Å². The van der Waals surface area contributed by atoms with Crippen molar-refractivity contribution in [3.05, 3.63) is 65.5 Å². The quantitative estimate of drug-likeness (QED) is 0.577. The van der Waals surface area contributed by atoms with Crippen LogP contribution in [0.2, 0.25) is 0 Å². The maximum Gasteiger partial charge on any atom is 0.146 e. The molecule has 3 heterocycles. The highest BCUT2D eigenvalue weighted by molar-refractivity contribution is 5.89. The summed E-state index contributed by atoms with van der Waals surface area (Å²) in [5.74, 6) is 0.855. The Kier molecular flexibility index (Phi) is 2.63. The van der Waals surface area contributed by atoms with Crippen molar-refractivity contribution in [3.8, 4) is 28.3 Å². The SMILES string of the molecule is CC1(C)Oc2cccnc2-c2c1ccc1c2C(C)(C)c2cccnc2-1. The van der Waals surface area contributed by atoms with Gasteiger partial charge in [0.1, 0.15) is 17.0 Å². The number of hydrogen-bond donors (Lipinski definition) is 0. The molecular weight excluding hydrogens is 308 g/mol. The fraction of sp³-hybridized carbons (Fsp3) is 0.273. The van der Waals surface area contributed by atoms with Gasteiger partial charge in [0.2, 0.25) is 0 Å². The van der Waals surface area contributed by atoms with Crippen LogP contribution in [-0.2, 0) is 11.0 Å². The average Bonchev–Trinajstić information content (AvgIpc) is 2.83. The first-order valence-corrected chi connectivity index (χ1v) is 8.69. The fourth-order valence-corrected chi connectivity index (χ4v) is 4.45. The summed E-state index contributed by atoms with van der Waals surface area (Å²) in [6.45, 7) is 8.82. The molecule has 0 N–H and O–H groups in total. The lowest BCUT2D eigenvalue weighted by molar-refractivity contribution is 0.105. The van der Waals surface area contributed by atoms with E-state index in [1.54, 1.807) is 0 Å². The maximum absolute atomic E-state index is 6.27. The van der Waals surface area contributed by atoms with Crippen LogP contribution in [0.5, 0.6) is 5.75 Å². The van der Waals surface area contributed by atoms with E-state index in [0.717, 1.165) is 17.1 Å². The molecule has 0 fully saturated rings. The predicted octanol–water partition coefficient (Wildman–Crippen LogP) is 5.08. The highest BCUT2D eigenvalue weighted by Crippen LogP contribution is 2.56. The van der Waals surface area contributed by atoms with Gasteiger partial charge in [0.05, 0.1) is 5.69 Å². The molecule has 1 aromatic carbocycles. The summed E-state index contributed by atoms with van der Waals surface area (Å²) in [5, 5.41) is 0. The van der Waals surface area contributed by atoms with Crippen molar-refractivity contribution in [1.29, 1.82) is 0 Å². The first kappa shape index (κ1) is 14.6. The first-order chi connectivity index (χ1) is 11.9. The van der Waals surface area contributed by atoms with Crippen LogP contribution in [0.1, 0.15) is 44.4 Å². The molecule has 0 amide bonds. The summed E-state index contributed by atoms with van der Waals surface area (Å²) < 4.78 is 6.27. The second-order valence-corrected chi connectivity index (χ2v) is 7.90. The Balaban J connectivity index is 1.94. The van der Waals surface area contributed by atoms with E-state index in [4.69, 9.17) is 4.74 Å². The Bertz CT molecular complexity index is 1030. The number of rotatable bonds is 0. The molecule has 124 valence electrons. The highest BCUT2D eigenvalue weighted by Gasteiger charge is 2.44. The van der Waals surface area contributed by atoms with Crippen LogP contribution in [0, 0.1) is 0 Å². The number of hydrogen-bond acceptors (Lipinski definition) is 3. The minimum absolute atomic E-state index is 0.119. The molecule has 0 saturated heterocycles. The Labute approximate surface area is 147 Å². The van der Waals surface area contributed by atoms with Gasteiger partial charge >= 0.3 is 0 Å². The lowest BCUT2D eigenvalue weighted by atomic mass is 9.75. The molecular formula is C22H20N2O. The van der Waals surface area contributed by atoms with Crippen molar-refractivity contribution in [2.45, 2.75) is 38.7 Å². The van der Waals surface area contributed by atoms with E-state index in [2.05, 4.69) is 55.9 Å². The van der Waals surface area contributed by atoms with Crippen molar-refractivity contribution in [3.63, 3.8) is 0 Å². The van der Waals surface area contributed by atoms with Crippen molar-refractivity contribution in [2.24, 2.45) is 0 Å². The molecule has 5 rings (SSSR count). The van der Waals surface area contributed by atoms with Gasteiger partial charge < -0.3 is 4.74 Å². The second kappa shape index (κ2) is 4.48. The average molecular weight is 328 g/mol. The van der Waals surface area contributed by atoms with E-state index < -0.39 is 5.60 Å². The monoisotopic (exact) mass is 328 g/mol. The normalized spacial score (nSPS) is 17.8. The number of nitrogens with zero attached hydrogens (tertiary/aromatic N) is 2. The molecule has 3 heteroatoms. The van der Waals surface area contributed by atoms with Crippen LogP contribution in [0.3, 0.4) is 0 Å². The lowest BCUT2D eigenvalue weighted by Crippen LogP contribution is -2.31. The number of benzene rings is 1. The van der Waals surface area contributed by atoms with Crippen molar-refractivity contribution < 1.29 is 4.74 Å². The fourth-order valence-electron chi connectivity index (χ4n) is 4.45. The van der Waals surface area contributed by atoms with E-state index in [0.29, 0.717) is 0 Å². The van der Waals surface area contributed by atoms with Gasteiger partial charge in [0.25, 0.3) is 0 Å². The molecule has 1 aliphatic carbocycles. The summed E-state index contributed by atoms with van der Waals surface area (Å²) in [6.07, 6.45) is 3.72. The van der Waals surface area contributed by atoms with Gasteiger partial charge in [-0.15, -0.1) is 0 Å². The number of aromatic nitrogens is 2. The molecule has 1 aliphatic heterocycles. The van der Waals surface area contributed by atoms with Crippen molar-refractivity contribution in [2.75, 3.05) is 0 Å². The van der Waals surface area contributed by atoms with Crippen molar-refractivity contribution >= 4 is 0 Å². The third kappa shape index (κ3) is 1.76. The molecule has 3 aromatic rings. The molecule has 25 heavy (non-hydrogen) atoms. The van der Waals surface area contributed by atoms with E-state index in [9.17, 15) is 0 Å². The smallest absolute Gasteiger partial charge is 0.146 e. The standard InChI is InChI=1S/C22H20N2O/c1-21(2)15-7-5-11-23-19(15)13-9-10-14-17(18(13)21)20-16(8-6-12-24-20)25-22(14,3)4/h5-12H,1-4H3. The van der Waals surface area contributed by atoms with Gasteiger partial charge in [-0.2, -0.15) is 0 Å². The summed E-state index contributed by atoms with van der Waals surface area (Å²) in [7, 11) is 0. The van der Waals surface area contributed by atoms with E-state index in [-0.39, 0.29) is 5.41 Å². The summed E-state index contributed by atoms with van der Waals surface area (Å²) in [5.41, 5.74) is 7.74. The van der Waals surface area contributed by atoms with Crippen LogP contribution in [-0.4, -0.2) is 9.97 Å². The van der Waals surface area contributed by atoms with Gasteiger partial charge in [-0.3, -0.25) is 9.97 Å². The number of pyridine rings is 2. The van der Waals surface area contributed by atoms with E-state index in [1.165, 1.54) is 27.8 Å². The Morgan fingerprint density at radius 2 is 1.52 bits per heavy atom. The van der Waals surface area contributed by atoms with E-state index in [1.807, 2.05) is 30.6 Å². The summed E-state index contributed by atoms with van der Waals surface area (Å²) in [4.78, 5) is 9.37. The topological polar surface area (TPSA) is 35.0 Å². The number of ether oxygens (including phenoxy) is 1. The van der Waals surface area contributed by atoms with Gasteiger partial charge in [-0.25, -0.2) is 0 Å². The second-order valence-electron chi connectivity index (χ2n) is 7.90. The summed E-state index contributed by atoms with van der Waals surface area (Å²) >= 11 is 0. The maximum atomic E-state index is 6.27. The minimum Gasteiger partial charge on any atom is -0.481 e. The zero-order chi connectivity index (χ0) is 17.4. The van der Waals surface area contributed by atoms with Gasteiger partial charge in [0.15, 0.2) is 0 Å². The van der Waals surface area contributed by atoms with Crippen LogP contribution in [0.25, 0.3) is 22.5 Å². The molecule has 0 radical (unpaired) electrons. The Morgan fingerprint density at radius 1 is 0.800 bits per heavy atom. The van der Waals surface area contributed by atoms with Crippen LogP contribution in [0.4, 0.5) is 0 Å². The highest BCUT2D eigenvalue weighted by atomic mass is 16.5. The molecule has 2 aliphatic rings. The Hall–Kier alpha value is -2.68. The Morgan fingerprint density at radius 3 is 2.32 bits per heavy atom. The molecule has 0 spiro atoms. The van der Waals surface area contributed by atoms with Gasteiger partial charge in [-0.1, -0.05) is 32.0 Å². The molecule has 0 atom stereocenters. The molecule has 0 saturated carbocycles. The zero-order valence-corrected chi connectivity index (χ0v) is 14.9. The van der Waals surface area contributed by atoms with Crippen LogP contribution >= 0.6 is 0 Å². The zero-order valence-electron chi connectivity index (χ0n) is 14.9. The minimum atomic E-state index is -0.390. The van der Waals surface area contributed by atoms with Crippen molar-refractivity contribution in [1.82, 2.24) is 9.97 Å². The number of fused-ring (bicyclic) bond motifs is 7. The molecule has 0 bridgehead atoms. The van der Waals surface area contributed by atoms with E-state index >= 15 is 0 Å². The largest absolute Gasteiger partial charge is 0.481 e. The lowest BCUT2D eigenvalue weighted by Gasteiger charge is -2.37. The van der Waals surface area contributed by atoms with Gasteiger partial charge in [-0.05, 0) is 43.2 Å².